The van der Waals surface area contributed by atoms with Gasteiger partial charge < -0.3 is 10.2 Å². The Morgan fingerprint density at radius 3 is 2.62 bits per heavy atom. The topological polar surface area (TPSA) is 108 Å². The number of nitrogens with one attached hydrogen (secondary N) is 2. The van der Waals surface area contributed by atoms with Gasteiger partial charge in [0.15, 0.2) is 0 Å². The molecule has 0 fully saturated rings. The first-order valence-electron chi connectivity index (χ1n) is 10.4. The number of sulfonamides is 1. The van der Waals surface area contributed by atoms with Crippen LogP contribution in [0.5, 0.6) is 0 Å². The van der Waals surface area contributed by atoms with E-state index in [1.165, 1.54) is 11.0 Å². The maximum absolute atomic E-state index is 13.1. The molecule has 2 heterocycles. The van der Waals surface area contributed by atoms with Crippen LogP contribution in [0.25, 0.3) is 10.9 Å². The third-order valence-electron chi connectivity index (χ3n) is 5.64. The molecule has 4 rings (SSSR count). The second-order valence-corrected chi connectivity index (χ2v) is 9.16. The molecule has 9 heteroatoms. The van der Waals surface area contributed by atoms with Crippen LogP contribution in [0.3, 0.4) is 0 Å². The lowest BCUT2D eigenvalue weighted by molar-refractivity contribution is -0.145. The zero-order valence-corrected chi connectivity index (χ0v) is 18.6. The number of rotatable bonds is 7. The Morgan fingerprint density at radius 2 is 1.88 bits per heavy atom. The summed E-state index contributed by atoms with van der Waals surface area (Å²) in [5.74, 6) is -1.69. The molecule has 0 bridgehead atoms. The number of Topliss-reactive ketones (excluding diaryl/α,β-unsaturated/α-hetero) is 1. The van der Waals surface area contributed by atoms with Crippen molar-refractivity contribution in [1.29, 1.82) is 0 Å². The largest absolute Gasteiger partial charge is 0.384 e. The summed E-state index contributed by atoms with van der Waals surface area (Å²) in [7, 11) is -3.93. The third-order valence-corrected chi connectivity index (χ3v) is 7.05. The Morgan fingerprint density at radius 1 is 1.12 bits per heavy atom. The molecule has 0 spiro atoms. The molecule has 3 aromatic rings. The van der Waals surface area contributed by atoms with Crippen LogP contribution in [0, 0.1) is 0 Å². The number of carbonyl (C=O) groups excluding carboxylic acids is 2. The van der Waals surface area contributed by atoms with Crippen molar-refractivity contribution in [3.05, 3.63) is 60.3 Å². The highest BCUT2D eigenvalue weighted by atomic mass is 32.2. The maximum Gasteiger partial charge on any atom is 0.290 e. The molecule has 1 amide bonds. The predicted octanol–water partition coefficient (Wildman–Crippen LogP) is 2.98. The molecular weight excluding hydrogens is 428 g/mol. The normalized spacial score (nSPS) is 15.1. The van der Waals surface area contributed by atoms with Crippen LogP contribution in [0.2, 0.25) is 0 Å². The summed E-state index contributed by atoms with van der Waals surface area (Å²) in [6.45, 7) is 4.85. The van der Waals surface area contributed by atoms with Crippen molar-refractivity contribution in [2.45, 2.75) is 24.7 Å². The summed E-state index contributed by atoms with van der Waals surface area (Å²) in [6.07, 6.45) is 1.55. The molecule has 0 radical (unpaired) electrons. The van der Waals surface area contributed by atoms with E-state index in [0.717, 1.165) is 0 Å². The highest BCUT2D eigenvalue weighted by molar-refractivity contribution is 7.93. The fourth-order valence-electron chi connectivity index (χ4n) is 3.95. The van der Waals surface area contributed by atoms with Gasteiger partial charge in [-0.3, -0.25) is 19.3 Å². The van der Waals surface area contributed by atoms with Crippen LogP contribution >= 0.6 is 0 Å². The number of ketones is 1. The first-order valence-corrected chi connectivity index (χ1v) is 11.9. The average Bonchev–Trinajstić information content (AvgIpc) is 3.21. The van der Waals surface area contributed by atoms with E-state index < -0.39 is 27.6 Å². The minimum atomic E-state index is -3.93. The van der Waals surface area contributed by atoms with Gasteiger partial charge in [-0.2, -0.15) is 0 Å². The van der Waals surface area contributed by atoms with Crippen LogP contribution in [-0.4, -0.2) is 49.6 Å². The first kappa shape index (κ1) is 21.8. The second kappa shape index (κ2) is 8.58. The molecule has 32 heavy (non-hydrogen) atoms. The van der Waals surface area contributed by atoms with Crippen LogP contribution in [0.4, 0.5) is 11.4 Å². The van der Waals surface area contributed by atoms with Crippen molar-refractivity contribution < 1.29 is 18.0 Å². The van der Waals surface area contributed by atoms with Crippen LogP contribution in [0.1, 0.15) is 25.3 Å². The predicted molar refractivity (Wildman–Crippen MR) is 123 cm³/mol. The van der Waals surface area contributed by atoms with Gasteiger partial charge >= 0.3 is 0 Å². The molecule has 0 aliphatic carbocycles. The van der Waals surface area contributed by atoms with Crippen LogP contribution in [-0.2, 0) is 19.6 Å². The van der Waals surface area contributed by atoms with Gasteiger partial charge in [0, 0.05) is 42.6 Å². The summed E-state index contributed by atoms with van der Waals surface area (Å²) in [6, 6.07) is 13.5. The number of pyridine rings is 1. The molecule has 2 aromatic carbocycles. The van der Waals surface area contributed by atoms with E-state index >= 15 is 0 Å². The Balaban J connectivity index is 1.64. The Labute approximate surface area is 186 Å². The van der Waals surface area contributed by atoms with E-state index in [2.05, 4.69) is 15.0 Å². The molecule has 1 aliphatic heterocycles. The molecule has 2 N–H and O–H groups in total. The number of likely N-dealkylation sites (N-methyl/N-ethyl adjacent to an activating group) is 1. The van der Waals surface area contributed by atoms with Crippen molar-refractivity contribution >= 4 is 44.0 Å². The average molecular weight is 453 g/mol. The number of carbonyl (C=O) groups is 2. The molecular formula is C23H24N4O4S. The number of anilines is 2. The van der Waals surface area contributed by atoms with Gasteiger partial charge in [-0.1, -0.05) is 18.2 Å². The number of hydrogen-bond acceptors (Lipinski definition) is 6. The van der Waals surface area contributed by atoms with Gasteiger partial charge in [0.25, 0.3) is 15.9 Å². The highest BCUT2D eigenvalue weighted by Crippen LogP contribution is 2.35. The summed E-state index contributed by atoms with van der Waals surface area (Å²) in [4.78, 5) is 31.2. The molecule has 0 saturated heterocycles. The fraction of sp³-hybridized carbons (Fsp3) is 0.261. The Bertz CT molecular complexity index is 1300. The van der Waals surface area contributed by atoms with E-state index in [1.54, 1.807) is 48.7 Å². The zero-order chi connectivity index (χ0) is 22.9. The molecule has 166 valence electrons. The fourth-order valence-corrected chi connectivity index (χ4v) is 5.18. The van der Waals surface area contributed by atoms with Gasteiger partial charge in [-0.15, -0.1) is 0 Å². The van der Waals surface area contributed by atoms with E-state index in [1.807, 2.05) is 13.8 Å². The van der Waals surface area contributed by atoms with Crippen molar-refractivity contribution in [2.75, 3.05) is 29.7 Å². The summed E-state index contributed by atoms with van der Waals surface area (Å²) < 4.78 is 28.8. The minimum Gasteiger partial charge on any atom is -0.384 e. The van der Waals surface area contributed by atoms with Crippen molar-refractivity contribution in [3.63, 3.8) is 0 Å². The molecule has 8 nitrogen and oxygen atoms in total. The lowest BCUT2D eigenvalue weighted by Gasteiger charge is -2.19. The molecule has 1 aromatic heterocycles. The Kier molecular flexibility index (Phi) is 5.84. The summed E-state index contributed by atoms with van der Waals surface area (Å²) in [5.41, 5.74) is 2.01. The second-order valence-electron chi connectivity index (χ2n) is 7.51. The lowest BCUT2D eigenvalue weighted by Crippen LogP contribution is -2.39. The number of aromatic nitrogens is 1. The minimum absolute atomic E-state index is 0.0681. The summed E-state index contributed by atoms with van der Waals surface area (Å²) in [5, 5.41) is 3.84. The van der Waals surface area contributed by atoms with Gasteiger partial charge in [0.05, 0.1) is 11.4 Å². The number of amides is 1. The van der Waals surface area contributed by atoms with Crippen molar-refractivity contribution in [2.24, 2.45) is 0 Å². The molecule has 1 atom stereocenters. The van der Waals surface area contributed by atoms with Crippen molar-refractivity contribution in [3.8, 4) is 0 Å². The van der Waals surface area contributed by atoms with Crippen LogP contribution in [0.15, 0.2) is 59.6 Å². The number of benzene rings is 2. The number of nitrogens with zero attached hydrogens (tertiary/aromatic N) is 2. The van der Waals surface area contributed by atoms with Gasteiger partial charge in [-0.05, 0) is 49.7 Å². The van der Waals surface area contributed by atoms with Crippen molar-refractivity contribution in [1.82, 2.24) is 9.88 Å². The van der Waals surface area contributed by atoms with E-state index in [4.69, 9.17) is 0 Å². The third kappa shape index (κ3) is 3.91. The molecule has 0 saturated carbocycles. The molecule has 1 aliphatic rings. The van der Waals surface area contributed by atoms with E-state index in [-0.39, 0.29) is 4.90 Å². The van der Waals surface area contributed by atoms with Crippen LogP contribution < -0.4 is 10.0 Å². The lowest BCUT2D eigenvalue weighted by atomic mass is 9.95. The van der Waals surface area contributed by atoms with Gasteiger partial charge in [0.1, 0.15) is 4.90 Å². The maximum atomic E-state index is 13.1. The first-order chi connectivity index (χ1) is 15.4. The SMILES string of the molecule is CCN(CC)C(=O)C(=O)C1CNc2ccc(NS(=O)(=O)c3cccc4cccnc34)cc21. The number of hydrogen-bond donors (Lipinski definition) is 2. The van der Waals surface area contributed by atoms with E-state index in [0.29, 0.717) is 47.5 Å². The quantitative estimate of drug-likeness (QED) is 0.534. The Hall–Kier alpha value is -3.46. The number of para-hydroxylation sites is 1. The van der Waals surface area contributed by atoms with Gasteiger partial charge in [-0.25, -0.2) is 8.42 Å². The van der Waals surface area contributed by atoms with E-state index in [9.17, 15) is 18.0 Å². The highest BCUT2D eigenvalue weighted by Gasteiger charge is 2.34. The smallest absolute Gasteiger partial charge is 0.290 e. The molecule has 1 unspecified atom stereocenters. The monoisotopic (exact) mass is 452 g/mol. The zero-order valence-electron chi connectivity index (χ0n) is 17.8. The van der Waals surface area contributed by atoms with Gasteiger partial charge in [0.2, 0.25) is 5.78 Å². The summed E-state index contributed by atoms with van der Waals surface area (Å²) >= 11 is 0. The number of fused-ring (bicyclic) bond motifs is 2. The standard InChI is InChI=1S/C23H24N4O4S/c1-3-27(4-2)23(29)22(28)18-14-25-19-11-10-16(13-17(18)19)26-32(30,31)20-9-5-7-15-8-6-12-24-21(15)20/h5-13,18,25-26H,3-4,14H2,1-2H3.